The first-order valence-corrected chi connectivity index (χ1v) is 5.96. The Bertz CT molecular complexity index is 389. The maximum Gasteiger partial charge on any atom is 0.119 e. The lowest BCUT2D eigenvalue weighted by Gasteiger charge is -2.06. The van der Waals surface area contributed by atoms with Gasteiger partial charge in [-0.25, -0.2) is 0 Å². The second-order valence-electron chi connectivity index (χ2n) is 4.84. The molecular weight excluding hydrogens is 254 g/mol. The van der Waals surface area contributed by atoms with Crippen molar-refractivity contribution < 1.29 is 5.11 Å². The highest BCUT2D eigenvalue weighted by Crippen LogP contribution is 2.65. The van der Waals surface area contributed by atoms with Gasteiger partial charge in [-0.3, -0.25) is 0 Å². The van der Waals surface area contributed by atoms with Crippen molar-refractivity contribution >= 4 is 15.9 Å². The molecule has 2 nitrogen and oxygen atoms in total. The van der Waals surface area contributed by atoms with Gasteiger partial charge in [0.15, 0.2) is 0 Å². The zero-order valence-electron chi connectivity index (χ0n) is 9.00. The van der Waals surface area contributed by atoms with Gasteiger partial charge in [0.25, 0.3) is 0 Å². The van der Waals surface area contributed by atoms with Gasteiger partial charge < -0.3 is 10.8 Å². The minimum atomic E-state index is 0.215. The van der Waals surface area contributed by atoms with E-state index in [1.54, 1.807) is 6.07 Å². The van der Waals surface area contributed by atoms with Crippen molar-refractivity contribution in [2.75, 3.05) is 6.54 Å². The Labute approximate surface area is 98.6 Å². The van der Waals surface area contributed by atoms with E-state index in [1.807, 2.05) is 12.1 Å². The summed E-state index contributed by atoms with van der Waals surface area (Å²) < 4.78 is 1.01. The van der Waals surface area contributed by atoms with Gasteiger partial charge in [0.2, 0.25) is 0 Å². The molecule has 2 atom stereocenters. The first kappa shape index (κ1) is 11.0. The van der Waals surface area contributed by atoms with Crippen LogP contribution in [0.25, 0.3) is 0 Å². The van der Waals surface area contributed by atoms with Crippen LogP contribution in [0.3, 0.4) is 0 Å². The summed E-state index contributed by atoms with van der Waals surface area (Å²) in [4.78, 5) is 0. The SMILES string of the molecule is CC1(C)[C@@H](CN)[C@@H]1c1cc(Br)ccc1O. The number of phenolic OH excluding ortho intramolecular Hbond substituents is 1. The van der Waals surface area contributed by atoms with Gasteiger partial charge in [-0.2, -0.15) is 0 Å². The number of nitrogens with two attached hydrogens (primary N) is 1. The Balaban J connectivity index is 2.36. The molecule has 1 fully saturated rings. The largest absolute Gasteiger partial charge is 0.508 e. The highest BCUT2D eigenvalue weighted by molar-refractivity contribution is 9.10. The molecule has 0 amide bonds. The zero-order valence-corrected chi connectivity index (χ0v) is 10.6. The molecule has 0 saturated heterocycles. The minimum absolute atomic E-state index is 0.215. The van der Waals surface area contributed by atoms with E-state index < -0.39 is 0 Å². The van der Waals surface area contributed by atoms with Crippen molar-refractivity contribution in [1.29, 1.82) is 0 Å². The lowest BCUT2D eigenvalue weighted by Crippen LogP contribution is -2.05. The fourth-order valence-corrected chi connectivity index (χ4v) is 2.95. The van der Waals surface area contributed by atoms with Crippen LogP contribution >= 0.6 is 15.9 Å². The van der Waals surface area contributed by atoms with Crippen LogP contribution in [0, 0.1) is 11.3 Å². The van der Waals surface area contributed by atoms with E-state index in [4.69, 9.17) is 5.73 Å². The Morgan fingerprint density at radius 1 is 1.47 bits per heavy atom. The van der Waals surface area contributed by atoms with Crippen molar-refractivity contribution in [3.63, 3.8) is 0 Å². The summed E-state index contributed by atoms with van der Waals surface area (Å²) in [5.74, 6) is 1.25. The van der Waals surface area contributed by atoms with E-state index >= 15 is 0 Å². The topological polar surface area (TPSA) is 46.2 Å². The van der Waals surface area contributed by atoms with Crippen molar-refractivity contribution in [3.8, 4) is 5.75 Å². The number of halogens is 1. The van der Waals surface area contributed by atoms with Gasteiger partial charge in [-0.05, 0) is 47.6 Å². The molecule has 1 aromatic carbocycles. The van der Waals surface area contributed by atoms with Crippen LogP contribution in [0.2, 0.25) is 0 Å². The van der Waals surface area contributed by atoms with Crippen LogP contribution < -0.4 is 5.73 Å². The van der Waals surface area contributed by atoms with Gasteiger partial charge in [0.1, 0.15) is 5.75 Å². The average molecular weight is 270 g/mol. The number of phenols is 1. The summed E-state index contributed by atoms with van der Waals surface area (Å²) in [6, 6.07) is 5.59. The van der Waals surface area contributed by atoms with Crippen LogP contribution in [0.15, 0.2) is 22.7 Å². The van der Waals surface area contributed by atoms with E-state index in [0.29, 0.717) is 24.1 Å². The van der Waals surface area contributed by atoms with E-state index in [2.05, 4.69) is 29.8 Å². The van der Waals surface area contributed by atoms with Crippen molar-refractivity contribution in [2.24, 2.45) is 17.1 Å². The molecule has 15 heavy (non-hydrogen) atoms. The summed E-state index contributed by atoms with van der Waals surface area (Å²) in [5.41, 5.74) is 6.97. The summed E-state index contributed by atoms with van der Waals surface area (Å²) >= 11 is 3.43. The molecular formula is C12H16BrNO. The number of aromatic hydroxyl groups is 1. The minimum Gasteiger partial charge on any atom is -0.508 e. The molecule has 0 aliphatic heterocycles. The molecule has 0 aromatic heterocycles. The van der Waals surface area contributed by atoms with E-state index in [9.17, 15) is 5.11 Å². The van der Waals surface area contributed by atoms with Crippen LogP contribution in [0.5, 0.6) is 5.75 Å². The van der Waals surface area contributed by atoms with Gasteiger partial charge in [-0.15, -0.1) is 0 Å². The molecule has 82 valence electrons. The molecule has 1 aliphatic carbocycles. The second kappa shape index (κ2) is 3.49. The normalized spacial score (nSPS) is 27.7. The zero-order chi connectivity index (χ0) is 11.2. The average Bonchev–Trinajstić information content (AvgIpc) is 2.72. The third kappa shape index (κ3) is 1.68. The first-order valence-electron chi connectivity index (χ1n) is 5.17. The number of hydrogen-bond acceptors (Lipinski definition) is 2. The molecule has 0 radical (unpaired) electrons. The number of hydrogen-bond donors (Lipinski definition) is 2. The van der Waals surface area contributed by atoms with E-state index in [0.717, 1.165) is 10.0 Å². The summed E-state index contributed by atoms with van der Waals surface area (Å²) in [6.45, 7) is 5.09. The third-order valence-electron chi connectivity index (χ3n) is 3.63. The maximum atomic E-state index is 9.83. The Morgan fingerprint density at radius 2 is 2.13 bits per heavy atom. The molecule has 1 aromatic rings. The van der Waals surface area contributed by atoms with Crippen molar-refractivity contribution in [2.45, 2.75) is 19.8 Å². The summed E-state index contributed by atoms with van der Waals surface area (Å²) in [5, 5.41) is 9.83. The lowest BCUT2D eigenvalue weighted by atomic mass is 10.0. The lowest BCUT2D eigenvalue weighted by molar-refractivity contribution is 0.464. The van der Waals surface area contributed by atoms with Crippen LogP contribution in [0.1, 0.15) is 25.3 Å². The molecule has 0 unspecified atom stereocenters. The number of benzene rings is 1. The predicted octanol–water partition coefficient (Wildman–Crippen LogP) is 2.85. The molecule has 2 rings (SSSR count). The number of rotatable bonds is 2. The first-order chi connectivity index (χ1) is 6.98. The van der Waals surface area contributed by atoms with E-state index in [-0.39, 0.29) is 5.41 Å². The van der Waals surface area contributed by atoms with Crippen LogP contribution in [-0.4, -0.2) is 11.7 Å². The third-order valence-corrected chi connectivity index (χ3v) is 4.12. The van der Waals surface area contributed by atoms with Crippen LogP contribution in [-0.2, 0) is 0 Å². The fraction of sp³-hybridized carbons (Fsp3) is 0.500. The van der Waals surface area contributed by atoms with Gasteiger partial charge in [0, 0.05) is 4.47 Å². The Hall–Kier alpha value is -0.540. The Kier molecular flexibility index (Phi) is 2.55. The molecule has 1 saturated carbocycles. The predicted molar refractivity (Wildman–Crippen MR) is 64.9 cm³/mol. The van der Waals surface area contributed by atoms with Crippen molar-refractivity contribution in [1.82, 2.24) is 0 Å². The molecule has 0 heterocycles. The second-order valence-corrected chi connectivity index (χ2v) is 5.76. The monoisotopic (exact) mass is 269 g/mol. The van der Waals surface area contributed by atoms with E-state index in [1.165, 1.54) is 0 Å². The van der Waals surface area contributed by atoms with Gasteiger partial charge in [-0.1, -0.05) is 29.8 Å². The van der Waals surface area contributed by atoms with Crippen molar-refractivity contribution in [3.05, 3.63) is 28.2 Å². The fourth-order valence-electron chi connectivity index (χ4n) is 2.58. The Morgan fingerprint density at radius 3 is 2.67 bits per heavy atom. The highest BCUT2D eigenvalue weighted by Gasteiger charge is 2.57. The summed E-state index contributed by atoms with van der Waals surface area (Å²) in [6.07, 6.45) is 0. The van der Waals surface area contributed by atoms with Gasteiger partial charge >= 0.3 is 0 Å². The molecule has 0 bridgehead atoms. The molecule has 3 heteroatoms. The summed E-state index contributed by atoms with van der Waals surface area (Å²) in [7, 11) is 0. The molecule has 0 spiro atoms. The highest BCUT2D eigenvalue weighted by atomic mass is 79.9. The molecule has 3 N–H and O–H groups in total. The quantitative estimate of drug-likeness (QED) is 0.868. The maximum absolute atomic E-state index is 9.83. The molecule has 1 aliphatic rings. The standard InChI is InChI=1S/C12H16BrNO/c1-12(2)9(6-14)11(12)8-5-7(13)3-4-10(8)15/h3-5,9,11,15H,6,14H2,1-2H3/t9-,11-/m0/s1. The van der Waals surface area contributed by atoms with Gasteiger partial charge in [0.05, 0.1) is 0 Å². The van der Waals surface area contributed by atoms with Crippen LogP contribution in [0.4, 0.5) is 0 Å². The smallest absolute Gasteiger partial charge is 0.119 e.